The first-order valence-corrected chi connectivity index (χ1v) is 10.8. The zero-order valence-corrected chi connectivity index (χ0v) is 17.6. The molecule has 0 saturated heterocycles. The third kappa shape index (κ3) is 3.72. The number of para-hydroxylation sites is 1. The Hall–Kier alpha value is -3.11. The number of aromatic hydroxyl groups is 1. The number of carboxylic acids is 1. The van der Waals surface area contributed by atoms with Crippen LogP contribution in [0.15, 0.2) is 52.3 Å². The molecule has 2 heterocycles. The average molecular weight is 461 g/mol. The molecule has 4 rings (SSSR count). The molecule has 0 aliphatic carbocycles. The molecule has 0 radical (unpaired) electrons. The predicted molar refractivity (Wildman–Crippen MR) is 113 cm³/mol. The Morgan fingerprint density at radius 2 is 1.87 bits per heavy atom. The molecule has 1 aromatic heterocycles. The van der Waals surface area contributed by atoms with E-state index in [-0.39, 0.29) is 22.6 Å². The summed E-state index contributed by atoms with van der Waals surface area (Å²) in [5.74, 6) is -4.47. The number of carbonyl (C=O) groups excluding carboxylic acids is 1. The highest BCUT2D eigenvalue weighted by Crippen LogP contribution is 2.52. The van der Waals surface area contributed by atoms with E-state index >= 15 is 0 Å². The number of aromatic amines is 1. The Labute approximate surface area is 183 Å². The van der Waals surface area contributed by atoms with Gasteiger partial charge in [0.15, 0.2) is 17.3 Å². The summed E-state index contributed by atoms with van der Waals surface area (Å²) in [6, 6.07) is 9.53. The number of ketones is 1. The van der Waals surface area contributed by atoms with Crippen LogP contribution in [-0.2, 0) is 4.79 Å². The molecule has 7 nitrogen and oxygen atoms in total. The molecular weight excluding hydrogens is 445 g/mol. The lowest BCUT2D eigenvalue weighted by Gasteiger charge is -2.34. The first-order chi connectivity index (χ1) is 14.8. The van der Waals surface area contributed by atoms with Gasteiger partial charge in [0.1, 0.15) is 11.1 Å². The van der Waals surface area contributed by atoms with Crippen LogP contribution in [0.3, 0.4) is 0 Å². The smallest absolute Gasteiger partial charge is 0.317 e. The van der Waals surface area contributed by atoms with E-state index in [1.54, 1.807) is 12.1 Å². The van der Waals surface area contributed by atoms with E-state index in [9.17, 15) is 29.0 Å². The molecule has 0 fully saturated rings. The molecule has 3 atom stereocenters. The van der Waals surface area contributed by atoms with E-state index in [0.717, 1.165) is 35.2 Å². The summed E-state index contributed by atoms with van der Waals surface area (Å²) in [6.07, 6.45) is 0. The van der Waals surface area contributed by atoms with Gasteiger partial charge in [0.2, 0.25) is 0 Å². The summed E-state index contributed by atoms with van der Waals surface area (Å²) in [6.45, 7) is 0. The summed E-state index contributed by atoms with van der Waals surface area (Å²) in [7, 11) is 1.37. The van der Waals surface area contributed by atoms with Crippen molar-refractivity contribution in [2.24, 2.45) is 5.92 Å². The number of H-pyrrole nitrogens is 1. The summed E-state index contributed by atoms with van der Waals surface area (Å²) in [4.78, 5) is 40.4. The number of fused-ring (bicyclic) bond motifs is 1. The molecular formula is C21H16FNO6S2. The number of phenolic OH excluding ortho intramolecular Hbond substituents is 1. The van der Waals surface area contributed by atoms with Crippen LogP contribution in [-0.4, -0.2) is 39.3 Å². The third-order valence-electron chi connectivity index (χ3n) is 5.11. The molecule has 3 unspecified atom stereocenters. The molecule has 0 saturated carbocycles. The molecule has 160 valence electrons. The Balaban J connectivity index is 1.95. The number of nitrogens with one attached hydrogen (secondary N) is 1. The quantitative estimate of drug-likeness (QED) is 0.498. The summed E-state index contributed by atoms with van der Waals surface area (Å²) >= 11 is 1.74. The Morgan fingerprint density at radius 3 is 2.52 bits per heavy atom. The van der Waals surface area contributed by atoms with Gasteiger partial charge in [0.25, 0.3) is 0 Å². The Bertz CT molecular complexity index is 1220. The second-order valence-corrected chi connectivity index (χ2v) is 9.02. The molecule has 1 aliphatic heterocycles. The van der Waals surface area contributed by atoms with Crippen LogP contribution in [0.2, 0.25) is 0 Å². The van der Waals surface area contributed by atoms with Crippen LogP contribution in [0, 0.1) is 11.7 Å². The van der Waals surface area contributed by atoms with Crippen molar-refractivity contribution in [1.82, 2.24) is 4.98 Å². The fourth-order valence-electron chi connectivity index (χ4n) is 3.75. The van der Waals surface area contributed by atoms with Crippen molar-refractivity contribution in [2.75, 3.05) is 7.11 Å². The van der Waals surface area contributed by atoms with E-state index < -0.39 is 39.5 Å². The molecule has 2 aromatic carbocycles. The Kier molecular flexibility index (Phi) is 5.59. The number of aromatic nitrogens is 1. The van der Waals surface area contributed by atoms with Gasteiger partial charge in [-0.1, -0.05) is 35.2 Å². The predicted octanol–water partition coefficient (Wildman–Crippen LogP) is 3.48. The fourth-order valence-corrected chi connectivity index (χ4v) is 6.15. The highest BCUT2D eigenvalue weighted by atomic mass is 32.2. The van der Waals surface area contributed by atoms with Crippen molar-refractivity contribution in [3.8, 4) is 11.5 Å². The van der Waals surface area contributed by atoms with Crippen LogP contribution in [0.5, 0.6) is 11.5 Å². The summed E-state index contributed by atoms with van der Waals surface area (Å²) in [5, 5.41) is 19.8. The topological polar surface area (TPSA) is 117 Å². The summed E-state index contributed by atoms with van der Waals surface area (Å²) in [5.41, 5.74) is 0.403. The fraction of sp³-hybridized carbons (Fsp3) is 0.190. The maximum absolute atomic E-state index is 13.5. The minimum absolute atomic E-state index is 0.136. The van der Waals surface area contributed by atoms with Gasteiger partial charge in [-0.15, -0.1) is 0 Å². The van der Waals surface area contributed by atoms with Gasteiger partial charge < -0.3 is 19.9 Å². The van der Waals surface area contributed by atoms with Gasteiger partial charge in [-0.2, -0.15) is 0 Å². The van der Waals surface area contributed by atoms with E-state index in [2.05, 4.69) is 4.98 Å². The van der Waals surface area contributed by atoms with Crippen LogP contribution >= 0.6 is 23.1 Å². The number of aliphatic carboxylic acids is 1. The number of ether oxygens (including phenoxy) is 1. The number of methoxy groups -OCH3 is 1. The number of hydrogen-bond donors (Lipinski definition) is 3. The Morgan fingerprint density at radius 1 is 1.16 bits per heavy atom. The normalized spacial score (nSPS) is 20.1. The maximum Gasteiger partial charge on any atom is 0.317 e. The second-order valence-electron chi connectivity index (χ2n) is 6.86. The number of thioether (sulfide) groups is 1. The van der Waals surface area contributed by atoms with Crippen molar-refractivity contribution in [3.05, 3.63) is 74.0 Å². The van der Waals surface area contributed by atoms with Gasteiger partial charge in [0, 0.05) is 21.9 Å². The molecule has 1 aliphatic rings. The lowest BCUT2D eigenvalue weighted by molar-refractivity contribution is -0.137. The monoisotopic (exact) mass is 461 g/mol. The van der Waals surface area contributed by atoms with Crippen LogP contribution in [0.25, 0.3) is 0 Å². The number of carbonyl (C=O) groups is 2. The first kappa shape index (κ1) is 21.1. The van der Waals surface area contributed by atoms with E-state index in [0.29, 0.717) is 9.90 Å². The SMILES string of the molecule is COc1cccc(C2c3sc(=O)[nH]c3SC(C(=O)O)C2C(=O)c2ccc(F)cc2)c1O. The molecule has 10 heteroatoms. The number of carboxylic acid groups (broad SMARTS) is 1. The zero-order valence-electron chi connectivity index (χ0n) is 16.0. The lowest BCUT2D eigenvalue weighted by Crippen LogP contribution is -2.39. The minimum atomic E-state index is -1.24. The van der Waals surface area contributed by atoms with Crippen LogP contribution < -0.4 is 9.61 Å². The number of rotatable bonds is 5. The van der Waals surface area contributed by atoms with E-state index in [1.807, 2.05) is 0 Å². The number of hydrogen-bond acceptors (Lipinski definition) is 7. The van der Waals surface area contributed by atoms with Gasteiger partial charge in [-0.25, -0.2) is 4.39 Å². The molecule has 3 aromatic rings. The standard InChI is InChI=1S/C21H16FNO6S2/c1-29-12-4-2-3-11(16(12)25)13-14(15(24)9-5-7-10(22)8-6-9)18(20(26)27)30-19-17(13)31-21(28)23-19/h2-8,13-14,18,25H,1H3,(H,23,28)(H,26,27). The number of phenols is 1. The maximum atomic E-state index is 13.5. The number of Topliss-reactive ketones (excluding diaryl/α,β-unsaturated/α-hetero) is 1. The van der Waals surface area contributed by atoms with Gasteiger partial charge in [0.05, 0.1) is 18.1 Å². The van der Waals surface area contributed by atoms with Gasteiger partial charge in [-0.3, -0.25) is 14.4 Å². The molecule has 0 spiro atoms. The average Bonchev–Trinajstić information content (AvgIpc) is 3.12. The van der Waals surface area contributed by atoms with E-state index in [1.165, 1.54) is 25.3 Å². The molecule has 3 N–H and O–H groups in total. The first-order valence-electron chi connectivity index (χ1n) is 9.10. The second kappa shape index (κ2) is 8.20. The van der Waals surface area contributed by atoms with Gasteiger partial charge in [-0.05, 0) is 30.3 Å². The van der Waals surface area contributed by atoms with Crippen molar-refractivity contribution in [3.63, 3.8) is 0 Å². The minimum Gasteiger partial charge on any atom is -0.504 e. The highest BCUT2D eigenvalue weighted by Gasteiger charge is 2.48. The lowest BCUT2D eigenvalue weighted by atomic mass is 9.77. The third-order valence-corrected chi connectivity index (χ3v) is 7.52. The molecule has 31 heavy (non-hydrogen) atoms. The number of halogens is 1. The largest absolute Gasteiger partial charge is 0.504 e. The number of thiazole rings is 1. The summed E-state index contributed by atoms with van der Waals surface area (Å²) < 4.78 is 18.6. The van der Waals surface area contributed by atoms with Crippen molar-refractivity contribution >= 4 is 34.9 Å². The van der Waals surface area contributed by atoms with Crippen molar-refractivity contribution in [2.45, 2.75) is 16.2 Å². The van der Waals surface area contributed by atoms with Crippen LogP contribution in [0.1, 0.15) is 26.7 Å². The van der Waals surface area contributed by atoms with Crippen molar-refractivity contribution in [1.29, 1.82) is 0 Å². The molecule has 0 bridgehead atoms. The van der Waals surface area contributed by atoms with Gasteiger partial charge >= 0.3 is 10.8 Å². The highest BCUT2D eigenvalue weighted by molar-refractivity contribution is 8.00. The zero-order chi connectivity index (χ0) is 22.3. The van der Waals surface area contributed by atoms with Crippen molar-refractivity contribution < 1.29 is 28.9 Å². The van der Waals surface area contributed by atoms with Crippen LogP contribution in [0.4, 0.5) is 4.39 Å². The number of benzene rings is 2. The van der Waals surface area contributed by atoms with E-state index in [4.69, 9.17) is 4.74 Å². The molecule has 0 amide bonds.